The highest BCUT2D eigenvalue weighted by atomic mass is 79.9. The van der Waals surface area contributed by atoms with Gasteiger partial charge < -0.3 is 5.11 Å². The molecule has 1 saturated heterocycles. The molecule has 0 radical (unpaired) electrons. The third-order valence-electron chi connectivity index (χ3n) is 3.87. The number of phenols is 1. The Labute approximate surface area is 118 Å². The molecule has 4 heteroatoms. The van der Waals surface area contributed by atoms with Crippen LogP contribution in [0.25, 0.3) is 0 Å². The molecular weight excluding hydrogens is 292 g/mol. The van der Waals surface area contributed by atoms with Crippen molar-refractivity contribution in [3.8, 4) is 5.75 Å². The van der Waals surface area contributed by atoms with Crippen molar-refractivity contribution in [2.45, 2.75) is 32.5 Å². The molecule has 0 saturated carbocycles. The molecule has 0 aliphatic carbocycles. The molecule has 2 rings (SSSR count). The molecule has 100 valence electrons. The lowest BCUT2D eigenvalue weighted by atomic mass is 10.1. The first kappa shape index (κ1) is 13.8. The van der Waals surface area contributed by atoms with Crippen LogP contribution in [0.5, 0.6) is 5.75 Å². The third kappa shape index (κ3) is 3.05. The number of aromatic hydroxyl groups is 1. The number of piperazine rings is 1. The van der Waals surface area contributed by atoms with Crippen molar-refractivity contribution in [1.29, 1.82) is 0 Å². The number of likely N-dealkylation sites (N-methyl/N-ethyl adjacent to an activating group) is 1. The summed E-state index contributed by atoms with van der Waals surface area (Å²) in [5, 5.41) is 9.89. The van der Waals surface area contributed by atoms with E-state index in [0.29, 0.717) is 17.8 Å². The number of hydrogen-bond donors (Lipinski definition) is 1. The van der Waals surface area contributed by atoms with Gasteiger partial charge in [-0.05, 0) is 39.1 Å². The van der Waals surface area contributed by atoms with Crippen LogP contribution < -0.4 is 0 Å². The predicted molar refractivity (Wildman–Crippen MR) is 77.8 cm³/mol. The Morgan fingerprint density at radius 3 is 2.50 bits per heavy atom. The van der Waals surface area contributed by atoms with Gasteiger partial charge in [-0.25, -0.2) is 0 Å². The zero-order chi connectivity index (χ0) is 13.3. The Hall–Kier alpha value is -0.580. The Bertz CT molecular complexity index is 412. The van der Waals surface area contributed by atoms with Gasteiger partial charge in [-0.15, -0.1) is 0 Å². The molecule has 0 amide bonds. The quantitative estimate of drug-likeness (QED) is 0.909. The van der Waals surface area contributed by atoms with E-state index in [1.54, 1.807) is 6.07 Å². The molecule has 1 aromatic rings. The number of halogens is 1. The molecule has 3 nitrogen and oxygen atoms in total. The highest BCUT2D eigenvalue weighted by Crippen LogP contribution is 2.24. The van der Waals surface area contributed by atoms with Gasteiger partial charge in [0, 0.05) is 41.8 Å². The van der Waals surface area contributed by atoms with E-state index in [4.69, 9.17) is 0 Å². The summed E-state index contributed by atoms with van der Waals surface area (Å²) < 4.78 is 1.02. The summed E-state index contributed by atoms with van der Waals surface area (Å²) in [6.45, 7) is 7.42. The van der Waals surface area contributed by atoms with Gasteiger partial charge in [-0.1, -0.05) is 15.9 Å². The number of nitrogens with zero attached hydrogens (tertiary/aromatic N) is 2. The van der Waals surface area contributed by atoms with Gasteiger partial charge in [-0.3, -0.25) is 9.80 Å². The van der Waals surface area contributed by atoms with E-state index < -0.39 is 0 Å². The van der Waals surface area contributed by atoms with Crippen molar-refractivity contribution < 1.29 is 5.11 Å². The van der Waals surface area contributed by atoms with Gasteiger partial charge in [0.25, 0.3) is 0 Å². The van der Waals surface area contributed by atoms with Crippen LogP contribution in [0.1, 0.15) is 19.4 Å². The second-order valence-electron chi connectivity index (χ2n) is 5.33. The Balaban J connectivity index is 2.07. The number of benzene rings is 1. The lowest BCUT2D eigenvalue weighted by molar-refractivity contribution is 0.0552. The molecule has 1 N–H and O–H groups in total. The van der Waals surface area contributed by atoms with Gasteiger partial charge in [0.05, 0.1) is 0 Å². The van der Waals surface area contributed by atoms with Crippen LogP contribution in [-0.2, 0) is 6.54 Å². The fraction of sp³-hybridized carbons (Fsp3) is 0.571. The smallest absolute Gasteiger partial charge is 0.120 e. The van der Waals surface area contributed by atoms with Crippen LogP contribution in [-0.4, -0.2) is 47.1 Å². The number of rotatable bonds is 2. The third-order valence-corrected chi connectivity index (χ3v) is 4.36. The van der Waals surface area contributed by atoms with E-state index >= 15 is 0 Å². The van der Waals surface area contributed by atoms with Crippen LogP contribution in [0.15, 0.2) is 22.7 Å². The molecule has 18 heavy (non-hydrogen) atoms. The van der Waals surface area contributed by atoms with Gasteiger partial charge in [0.1, 0.15) is 5.75 Å². The van der Waals surface area contributed by atoms with Gasteiger partial charge in [0.2, 0.25) is 0 Å². The maximum Gasteiger partial charge on any atom is 0.120 e. The summed E-state index contributed by atoms with van der Waals surface area (Å²) in [6, 6.07) is 6.74. The number of hydrogen-bond acceptors (Lipinski definition) is 3. The average molecular weight is 313 g/mol. The molecule has 0 spiro atoms. The molecule has 1 aliphatic heterocycles. The first-order chi connectivity index (χ1) is 8.47. The molecule has 1 heterocycles. The second-order valence-corrected chi connectivity index (χ2v) is 6.25. The summed E-state index contributed by atoms with van der Waals surface area (Å²) in [5.74, 6) is 0.387. The van der Waals surface area contributed by atoms with Crippen LogP contribution in [0.4, 0.5) is 0 Å². The Morgan fingerprint density at radius 2 is 1.89 bits per heavy atom. The lowest BCUT2D eigenvalue weighted by Gasteiger charge is -2.42. The van der Waals surface area contributed by atoms with E-state index in [-0.39, 0.29) is 0 Å². The molecule has 0 aromatic heterocycles. The van der Waals surface area contributed by atoms with Crippen molar-refractivity contribution in [2.24, 2.45) is 0 Å². The summed E-state index contributed by atoms with van der Waals surface area (Å²) in [7, 11) is 2.18. The van der Waals surface area contributed by atoms with E-state index in [9.17, 15) is 5.11 Å². The number of phenolic OH excluding ortho intramolecular Hbond substituents is 1. The van der Waals surface area contributed by atoms with Crippen molar-refractivity contribution in [3.63, 3.8) is 0 Å². The van der Waals surface area contributed by atoms with Crippen LogP contribution >= 0.6 is 15.9 Å². The highest BCUT2D eigenvalue weighted by molar-refractivity contribution is 9.10. The SMILES string of the molecule is CC1CN(Cc2cc(Br)ccc2O)CC(C)N1C. The summed E-state index contributed by atoms with van der Waals surface area (Å²) in [5.41, 5.74) is 0.994. The summed E-state index contributed by atoms with van der Waals surface area (Å²) >= 11 is 3.46. The van der Waals surface area contributed by atoms with Gasteiger partial charge in [0.15, 0.2) is 0 Å². The Kier molecular flexibility index (Phi) is 4.30. The molecule has 1 aromatic carbocycles. The molecular formula is C14H21BrN2O. The zero-order valence-corrected chi connectivity index (χ0v) is 12.8. The molecule has 0 bridgehead atoms. The summed E-state index contributed by atoms with van der Waals surface area (Å²) in [6.07, 6.45) is 0. The van der Waals surface area contributed by atoms with Crippen molar-refractivity contribution >= 4 is 15.9 Å². The zero-order valence-electron chi connectivity index (χ0n) is 11.2. The van der Waals surface area contributed by atoms with E-state index in [2.05, 4.69) is 46.6 Å². The van der Waals surface area contributed by atoms with E-state index in [1.807, 2.05) is 12.1 Å². The van der Waals surface area contributed by atoms with Crippen LogP contribution in [0.2, 0.25) is 0 Å². The minimum absolute atomic E-state index is 0.387. The normalized spacial score (nSPS) is 26.4. The van der Waals surface area contributed by atoms with Gasteiger partial charge >= 0.3 is 0 Å². The lowest BCUT2D eigenvalue weighted by Crippen LogP contribution is -2.54. The fourth-order valence-electron chi connectivity index (χ4n) is 2.56. The standard InChI is InChI=1S/C14H21BrN2O/c1-10-7-17(8-11(2)16(10)3)9-12-6-13(15)4-5-14(12)18/h4-6,10-11,18H,7-9H2,1-3H3. The first-order valence-electron chi connectivity index (χ1n) is 6.39. The van der Waals surface area contributed by atoms with Crippen LogP contribution in [0, 0.1) is 0 Å². The molecule has 2 unspecified atom stereocenters. The van der Waals surface area contributed by atoms with Crippen molar-refractivity contribution in [3.05, 3.63) is 28.2 Å². The highest BCUT2D eigenvalue weighted by Gasteiger charge is 2.26. The Morgan fingerprint density at radius 1 is 1.28 bits per heavy atom. The largest absolute Gasteiger partial charge is 0.508 e. The van der Waals surface area contributed by atoms with E-state index in [0.717, 1.165) is 29.7 Å². The van der Waals surface area contributed by atoms with Crippen molar-refractivity contribution in [2.75, 3.05) is 20.1 Å². The molecule has 1 fully saturated rings. The predicted octanol–water partition coefficient (Wildman–Crippen LogP) is 2.68. The molecule has 2 atom stereocenters. The average Bonchev–Trinajstić information content (AvgIpc) is 2.31. The van der Waals surface area contributed by atoms with Gasteiger partial charge in [-0.2, -0.15) is 0 Å². The minimum Gasteiger partial charge on any atom is -0.508 e. The first-order valence-corrected chi connectivity index (χ1v) is 7.18. The minimum atomic E-state index is 0.387. The monoisotopic (exact) mass is 312 g/mol. The second kappa shape index (κ2) is 5.59. The maximum absolute atomic E-state index is 9.89. The van der Waals surface area contributed by atoms with Crippen molar-refractivity contribution in [1.82, 2.24) is 9.80 Å². The topological polar surface area (TPSA) is 26.7 Å². The maximum atomic E-state index is 9.89. The van der Waals surface area contributed by atoms with Crippen LogP contribution in [0.3, 0.4) is 0 Å². The summed E-state index contributed by atoms with van der Waals surface area (Å²) in [4.78, 5) is 4.83. The fourth-order valence-corrected chi connectivity index (χ4v) is 2.97. The van der Waals surface area contributed by atoms with E-state index in [1.165, 1.54) is 0 Å². The molecule has 1 aliphatic rings.